The lowest BCUT2D eigenvalue weighted by atomic mass is 10.2. The predicted octanol–water partition coefficient (Wildman–Crippen LogP) is 2.77. The quantitative estimate of drug-likeness (QED) is 0.571. The molecule has 3 heterocycles. The lowest BCUT2D eigenvalue weighted by Crippen LogP contribution is -2.00. The van der Waals surface area contributed by atoms with Crippen LogP contribution in [0.15, 0.2) is 41.5 Å². The molecule has 9 heteroatoms. The molecule has 0 aliphatic carbocycles. The standard InChI is InChI=1S/C16H14N6O3/c1-23-12-4-3-9(5-13(12)24-2)19-16-14-10(6-18-22-14)20-15(21-16)11-7-25-8-17-11/h3-8H,1-2H3,(H,18,22)(H,19,20,21). The van der Waals surface area contributed by atoms with Gasteiger partial charge in [0.1, 0.15) is 23.0 Å². The van der Waals surface area contributed by atoms with E-state index in [1.165, 1.54) is 12.7 Å². The number of methoxy groups -OCH3 is 2. The van der Waals surface area contributed by atoms with Gasteiger partial charge in [0.25, 0.3) is 0 Å². The van der Waals surface area contributed by atoms with E-state index in [1.54, 1.807) is 20.4 Å². The third kappa shape index (κ3) is 2.71. The highest BCUT2D eigenvalue weighted by Crippen LogP contribution is 2.32. The van der Waals surface area contributed by atoms with E-state index >= 15 is 0 Å². The van der Waals surface area contributed by atoms with Crippen LogP contribution in [0.4, 0.5) is 11.5 Å². The molecular weight excluding hydrogens is 324 g/mol. The highest BCUT2D eigenvalue weighted by Gasteiger charge is 2.14. The Bertz CT molecular complexity index is 1010. The third-order valence-corrected chi connectivity index (χ3v) is 3.61. The second-order valence-electron chi connectivity index (χ2n) is 5.09. The molecule has 2 N–H and O–H groups in total. The van der Waals surface area contributed by atoms with Gasteiger partial charge in [0.05, 0.1) is 20.4 Å². The average molecular weight is 338 g/mol. The number of H-pyrrole nitrogens is 1. The number of aromatic nitrogens is 5. The first-order valence-corrected chi connectivity index (χ1v) is 7.37. The van der Waals surface area contributed by atoms with Gasteiger partial charge in [-0.15, -0.1) is 0 Å². The molecule has 0 atom stereocenters. The summed E-state index contributed by atoms with van der Waals surface area (Å²) < 4.78 is 15.6. The number of anilines is 2. The minimum absolute atomic E-state index is 0.436. The van der Waals surface area contributed by atoms with Gasteiger partial charge in [-0.3, -0.25) is 5.10 Å². The van der Waals surface area contributed by atoms with E-state index in [-0.39, 0.29) is 0 Å². The number of benzene rings is 1. The van der Waals surface area contributed by atoms with E-state index in [0.29, 0.717) is 39.9 Å². The lowest BCUT2D eigenvalue weighted by Gasteiger charge is -2.11. The molecule has 0 saturated heterocycles. The molecule has 4 rings (SSSR count). The van der Waals surface area contributed by atoms with Crippen LogP contribution in [0.1, 0.15) is 0 Å². The van der Waals surface area contributed by atoms with Gasteiger partial charge in [0.15, 0.2) is 29.5 Å². The molecule has 4 aromatic rings. The summed E-state index contributed by atoms with van der Waals surface area (Å²) in [7, 11) is 3.18. The molecule has 3 aromatic heterocycles. The SMILES string of the molecule is COc1ccc(Nc2nc(-c3cocn3)nc3cn[nH]c23)cc1OC. The maximum absolute atomic E-state index is 5.33. The van der Waals surface area contributed by atoms with E-state index in [1.807, 2.05) is 18.2 Å². The molecule has 0 unspecified atom stereocenters. The van der Waals surface area contributed by atoms with Crippen molar-refractivity contribution in [2.75, 3.05) is 19.5 Å². The molecule has 0 amide bonds. The van der Waals surface area contributed by atoms with Crippen molar-refractivity contribution in [1.29, 1.82) is 0 Å². The normalized spacial score (nSPS) is 10.8. The number of oxazole rings is 1. The number of fused-ring (bicyclic) bond motifs is 1. The van der Waals surface area contributed by atoms with Crippen LogP contribution in [-0.2, 0) is 0 Å². The molecule has 25 heavy (non-hydrogen) atoms. The molecule has 0 bridgehead atoms. The van der Waals surface area contributed by atoms with Crippen molar-refractivity contribution < 1.29 is 13.9 Å². The van der Waals surface area contributed by atoms with Gasteiger partial charge >= 0.3 is 0 Å². The molecule has 126 valence electrons. The van der Waals surface area contributed by atoms with Crippen LogP contribution >= 0.6 is 0 Å². The topological polar surface area (TPSA) is 111 Å². The second-order valence-corrected chi connectivity index (χ2v) is 5.09. The first-order chi connectivity index (χ1) is 12.3. The van der Waals surface area contributed by atoms with Crippen LogP contribution in [-0.4, -0.2) is 39.4 Å². The number of rotatable bonds is 5. The van der Waals surface area contributed by atoms with Crippen molar-refractivity contribution >= 4 is 22.5 Å². The van der Waals surface area contributed by atoms with Crippen molar-refractivity contribution in [2.45, 2.75) is 0 Å². The molecule has 0 spiro atoms. The Morgan fingerprint density at radius 3 is 2.76 bits per heavy atom. The van der Waals surface area contributed by atoms with Crippen molar-refractivity contribution in [3.63, 3.8) is 0 Å². The predicted molar refractivity (Wildman–Crippen MR) is 90.0 cm³/mol. The Morgan fingerprint density at radius 2 is 2.00 bits per heavy atom. The Morgan fingerprint density at radius 1 is 1.12 bits per heavy atom. The molecule has 9 nitrogen and oxygen atoms in total. The van der Waals surface area contributed by atoms with Gasteiger partial charge in [0.2, 0.25) is 0 Å². The monoisotopic (exact) mass is 338 g/mol. The summed E-state index contributed by atoms with van der Waals surface area (Å²) >= 11 is 0. The number of nitrogens with zero attached hydrogens (tertiary/aromatic N) is 4. The summed E-state index contributed by atoms with van der Waals surface area (Å²) in [6.45, 7) is 0. The Balaban J connectivity index is 1.77. The summed E-state index contributed by atoms with van der Waals surface area (Å²) in [5.74, 6) is 2.25. The molecule has 1 aromatic carbocycles. The molecule has 0 fully saturated rings. The smallest absolute Gasteiger partial charge is 0.184 e. The zero-order valence-corrected chi connectivity index (χ0v) is 13.5. The minimum Gasteiger partial charge on any atom is -0.493 e. The first kappa shape index (κ1) is 14.9. The zero-order chi connectivity index (χ0) is 17.2. The highest BCUT2D eigenvalue weighted by atomic mass is 16.5. The van der Waals surface area contributed by atoms with Gasteiger partial charge in [-0.2, -0.15) is 5.10 Å². The van der Waals surface area contributed by atoms with Gasteiger partial charge in [-0.05, 0) is 12.1 Å². The molecule has 0 radical (unpaired) electrons. The summed E-state index contributed by atoms with van der Waals surface area (Å²) in [6, 6.07) is 5.49. The third-order valence-electron chi connectivity index (χ3n) is 3.61. The molecule has 0 saturated carbocycles. The molecule has 0 aliphatic heterocycles. The van der Waals surface area contributed by atoms with Gasteiger partial charge < -0.3 is 19.2 Å². The summed E-state index contributed by atoms with van der Waals surface area (Å²) in [5, 5.41) is 10.2. The molecular formula is C16H14N6O3. The van der Waals surface area contributed by atoms with Crippen molar-refractivity contribution in [3.8, 4) is 23.0 Å². The van der Waals surface area contributed by atoms with Gasteiger partial charge in [-0.25, -0.2) is 15.0 Å². The van der Waals surface area contributed by atoms with Crippen LogP contribution in [0.5, 0.6) is 11.5 Å². The maximum Gasteiger partial charge on any atom is 0.184 e. The second kappa shape index (κ2) is 6.11. The Kier molecular flexibility index (Phi) is 3.65. The van der Waals surface area contributed by atoms with Gasteiger partial charge in [-0.1, -0.05) is 0 Å². The van der Waals surface area contributed by atoms with Crippen LogP contribution in [0.25, 0.3) is 22.6 Å². The number of hydrogen-bond donors (Lipinski definition) is 2. The van der Waals surface area contributed by atoms with Crippen molar-refractivity contribution in [2.24, 2.45) is 0 Å². The Labute approximate surface area is 142 Å². The van der Waals surface area contributed by atoms with E-state index in [0.717, 1.165) is 5.69 Å². The van der Waals surface area contributed by atoms with E-state index in [4.69, 9.17) is 13.9 Å². The summed E-state index contributed by atoms with van der Waals surface area (Å²) in [6.07, 6.45) is 4.45. The largest absolute Gasteiger partial charge is 0.493 e. The van der Waals surface area contributed by atoms with E-state index in [2.05, 4.69) is 30.5 Å². The fourth-order valence-electron chi connectivity index (χ4n) is 2.42. The number of aromatic amines is 1. The fourth-order valence-corrected chi connectivity index (χ4v) is 2.42. The van der Waals surface area contributed by atoms with Crippen molar-refractivity contribution in [1.82, 2.24) is 25.1 Å². The Hall–Kier alpha value is -3.62. The van der Waals surface area contributed by atoms with Crippen molar-refractivity contribution in [3.05, 3.63) is 37.1 Å². The zero-order valence-electron chi connectivity index (χ0n) is 13.5. The first-order valence-electron chi connectivity index (χ1n) is 7.37. The van der Waals surface area contributed by atoms with Gasteiger partial charge in [0, 0.05) is 11.8 Å². The average Bonchev–Trinajstić information content (AvgIpc) is 3.33. The maximum atomic E-state index is 5.33. The summed E-state index contributed by atoms with van der Waals surface area (Å²) in [5.41, 5.74) is 2.66. The molecule has 0 aliphatic rings. The van der Waals surface area contributed by atoms with Crippen LogP contribution in [0, 0.1) is 0 Å². The highest BCUT2D eigenvalue weighted by molar-refractivity contribution is 5.88. The van der Waals surface area contributed by atoms with E-state index < -0.39 is 0 Å². The van der Waals surface area contributed by atoms with E-state index in [9.17, 15) is 0 Å². The van der Waals surface area contributed by atoms with Crippen LogP contribution in [0.3, 0.4) is 0 Å². The fraction of sp³-hybridized carbons (Fsp3) is 0.125. The van der Waals surface area contributed by atoms with Crippen LogP contribution in [0.2, 0.25) is 0 Å². The number of ether oxygens (including phenoxy) is 2. The van der Waals surface area contributed by atoms with Crippen LogP contribution < -0.4 is 14.8 Å². The number of nitrogens with one attached hydrogen (secondary N) is 2. The lowest BCUT2D eigenvalue weighted by molar-refractivity contribution is 0.355. The summed E-state index contributed by atoms with van der Waals surface area (Å²) in [4.78, 5) is 13.0. The minimum atomic E-state index is 0.436. The number of hydrogen-bond acceptors (Lipinski definition) is 8.